The van der Waals surface area contributed by atoms with Crippen LogP contribution >= 0.6 is 0 Å². The molecule has 2 amide bonds. The van der Waals surface area contributed by atoms with Crippen LogP contribution in [0, 0.1) is 6.92 Å². The number of nitrogens with zero attached hydrogens (tertiary/aromatic N) is 3. The van der Waals surface area contributed by atoms with Crippen LogP contribution in [0.25, 0.3) is 0 Å². The predicted molar refractivity (Wildman–Crippen MR) is 74.6 cm³/mol. The first-order valence-electron chi connectivity index (χ1n) is 7.07. The van der Waals surface area contributed by atoms with E-state index in [2.05, 4.69) is 5.16 Å². The topological polar surface area (TPSA) is 75.9 Å². The molecule has 1 aromatic heterocycles. The summed E-state index contributed by atoms with van der Waals surface area (Å²) >= 11 is 0. The lowest BCUT2D eigenvalue weighted by atomic mass is 10.2. The largest absolute Gasteiger partial charge is 0.375 e. The number of amides is 2. The van der Waals surface area contributed by atoms with Gasteiger partial charge in [0.05, 0.1) is 12.1 Å². The summed E-state index contributed by atoms with van der Waals surface area (Å²) in [6.07, 6.45) is 0.990. The lowest BCUT2D eigenvalue weighted by Crippen LogP contribution is -2.39. The average molecular weight is 295 g/mol. The van der Waals surface area contributed by atoms with E-state index in [1.807, 2.05) is 6.92 Å². The number of hydrogen-bond donors (Lipinski definition) is 0. The van der Waals surface area contributed by atoms with Gasteiger partial charge in [-0.05, 0) is 13.3 Å². The van der Waals surface area contributed by atoms with E-state index in [4.69, 9.17) is 9.26 Å². The lowest BCUT2D eigenvalue weighted by molar-refractivity contribution is -0.136. The van der Waals surface area contributed by atoms with Crippen LogP contribution in [0.15, 0.2) is 10.6 Å². The van der Waals surface area contributed by atoms with Crippen molar-refractivity contribution in [3.8, 4) is 0 Å². The van der Waals surface area contributed by atoms with E-state index < -0.39 is 0 Å². The summed E-state index contributed by atoms with van der Waals surface area (Å²) in [5.41, 5.74) is 0.769. The first-order chi connectivity index (χ1) is 10.1. The lowest BCUT2D eigenvalue weighted by Gasteiger charge is -2.21. The van der Waals surface area contributed by atoms with Crippen molar-refractivity contribution in [2.45, 2.75) is 19.8 Å². The summed E-state index contributed by atoms with van der Waals surface area (Å²) in [5.74, 6) is 0.555. The maximum absolute atomic E-state index is 12.2. The van der Waals surface area contributed by atoms with Crippen LogP contribution in [0.4, 0.5) is 0 Å². The van der Waals surface area contributed by atoms with Gasteiger partial charge >= 0.3 is 0 Å². The number of aromatic nitrogens is 1. The summed E-state index contributed by atoms with van der Waals surface area (Å²) in [6.45, 7) is 4.31. The van der Waals surface area contributed by atoms with Crippen molar-refractivity contribution < 1.29 is 18.8 Å². The maximum Gasteiger partial charge on any atom is 0.248 e. The van der Waals surface area contributed by atoms with E-state index in [1.54, 1.807) is 15.9 Å². The summed E-state index contributed by atoms with van der Waals surface area (Å²) < 4.78 is 9.93. The molecule has 1 fully saturated rings. The molecular weight excluding hydrogens is 274 g/mol. The van der Waals surface area contributed by atoms with E-state index >= 15 is 0 Å². The van der Waals surface area contributed by atoms with Gasteiger partial charge in [-0.2, -0.15) is 0 Å². The molecule has 21 heavy (non-hydrogen) atoms. The van der Waals surface area contributed by atoms with E-state index in [0.29, 0.717) is 31.9 Å². The van der Waals surface area contributed by atoms with Crippen molar-refractivity contribution in [3.63, 3.8) is 0 Å². The minimum absolute atomic E-state index is 0.00666. The van der Waals surface area contributed by atoms with Gasteiger partial charge in [-0.3, -0.25) is 9.59 Å². The average Bonchev–Trinajstić information content (AvgIpc) is 2.73. The highest BCUT2D eigenvalue weighted by Gasteiger charge is 2.22. The van der Waals surface area contributed by atoms with Gasteiger partial charge in [0.1, 0.15) is 12.4 Å². The quantitative estimate of drug-likeness (QED) is 0.795. The standard InChI is InChI=1S/C14H21N3O4/c1-11-8-12(21-15-11)9-13(18)16-4-3-5-17(7-6-16)14(19)10-20-2/h8H,3-7,9-10H2,1-2H3. The minimum atomic E-state index is -0.0299. The van der Waals surface area contributed by atoms with Gasteiger partial charge < -0.3 is 19.1 Å². The maximum atomic E-state index is 12.2. The molecule has 0 radical (unpaired) electrons. The fourth-order valence-corrected chi connectivity index (χ4v) is 2.39. The molecule has 1 aliphatic heterocycles. The van der Waals surface area contributed by atoms with Crippen LogP contribution in [-0.4, -0.2) is 66.7 Å². The van der Waals surface area contributed by atoms with Crippen LogP contribution in [0.1, 0.15) is 17.9 Å². The van der Waals surface area contributed by atoms with Crippen molar-refractivity contribution in [3.05, 3.63) is 17.5 Å². The Labute approximate surface area is 123 Å². The van der Waals surface area contributed by atoms with Crippen molar-refractivity contribution >= 4 is 11.8 Å². The van der Waals surface area contributed by atoms with Crippen molar-refractivity contribution in [2.24, 2.45) is 0 Å². The Kier molecular flexibility index (Phi) is 5.32. The molecule has 0 aliphatic carbocycles. The van der Waals surface area contributed by atoms with Crippen LogP contribution in [0.3, 0.4) is 0 Å². The fraction of sp³-hybridized carbons (Fsp3) is 0.643. The smallest absolute Gasteiger partial charge is 0.248 e. The summed E-state index contributed by atoms with van der Waals surface area (Å²) in [5, 5.41) is 3.78. The van der Waals surface area contributed by atoms with E-state index in [9.17, 15) is 9.59 Å². The van der Waals surface area contributed by atoms with E-state index in [0.717, 1.165) is 12.1 Å². The Bertz CT molecular complexity index is 500. The van der Waals surface area contributed by atoms with Crippen molar-refractivity contribution in [2.75, 3.05) is 39.9 Å². The summed E-state index contributed by atoms with van der Waals surface area (Å²) in [7, 11) is 1.50. The SMILES string of the molecule is COCC(=O)N1CCCN(C(=O)Cc2cc(C)no2)CC1. The predicted octanol–water partition coefficient (Wildman–Crippen LogP) is 0.233. The second-order valence-corrected chi connectivity index (χ2v) is 5.16. The molecule has 0 saturated carbocycles. The Hall–Kier alpha value is -1.89. The second-order valence-electron chi connectivity index (χ2n) is 5.16. The molecule has 1 aromatic rings. The number of aryl methyl sites for hydroxylation is 1. The molecule has 0 bridgehead atoms. The van der Waals surface area contributed by atoms with Crippen LogP contribution in [-0.2, 0) is 20.7 Å². The Morgan fingerprint density at radius 3 is 2.48 bits per heavy atom. The molecule has 2 heterocycles. The second kappa shape index (κ2) is 7.21. The molecule has 116 valence electrons. The van der Waals surface area contributed by atoms with Gasteiger partial charge in [-0.25, -0.2) is 0 Å². The van der Waals surface area contributed by atoms with E-state index in [1.165, 1.54) is 7.11 Å². The highest BCUT2D eigenvalue weighted by Crippen LogP contribution is 2.09. The van der Waals surface area contributed by atoms with Gasteiger partial charge in [0.25, 0.3) is 0 Å². The molecule has 0 unspecified atom stereocenters. The molecule has 0 spiro atoms. The number of carbonyl (C=O) groups is 2. The Morgan fingerprint density at radius 1 is 1.24 bits per heavy atom. The van der Waals surface area contributed by atoms with E-state index in [-0.39, 0.29) is 24.8 Å². The van der Waals surface area contributed by atoms with Crippen LogP contribution < -0.4 is 0 Å². The first kappa shape index (κ1) is 15.5. The highest BCUT2D eigenvalue weighted by molar-refractivity contribution is 5.79. The minimum Gasteiger partial charge on any atom is -0.375 e. The third-order valence-corrected chi connectivity index (χ3v) is 3.47. The molecule has 1 saturated heterocycles. The van der Waals surface area contributed by atoms with Crippen molar-refractivity contribution in [1.29, 1.82) is 0 Å². The van der Waals surface area contributed by atoms with Gasteiger partial charge in [0.2, 0.25) is 11.8 Å². The number of ether oxygens (including phenoxy) is 1. The van der Waals surface area contributed by atoms with Crippen LogP contribution in [0.5, 0.6) is 0 Å². The third kappa shape index (κ3) is 4.29. The van der Waals surface area contributed by atoms with Crippen LogP contribution in [0.2, 0.25) is 0 Å². The zero-order chi connectivity index (χ0) is 15.2. The Morgan fingerprint density at radius 2 is 1.90 bits per heavy atom. The first-order valence-corrected chi connectivity index (χ1v) is 7.07. The molecule has 0 N–H and O–H groups in total. The highest BCUT2D eigenvalue weighted by atomic mass is 16.5. The monoisotopic (exact) mass is 295 g/mol. The molecule has 2 rings (SSSR count). The van der Waals surface area contributed by atoms with Crippen molar-refractivity contribution in [1.82, 2.24) is 15.0 Å². The zero-order valence-electron chi connectivity index (χ0n) is 12.5. The molecule has 1 aliphatic rings. The number of carbonyl (C=O) groups excluding carboxylic acids is 2. The fourth-order valence-electron chi connectivity index (χ4n) is 2.39. The molecule has 0 aromatic carbocycles. The summed E-state index contributed by atoms with van der Waals surface area (Å²) in [6, 6.07) is 1.77. The molecule has 0 atom stereocenters. The summed E-state index contributed by atoms with van der Waals surface area (Å²) in [4.78, 5) is 27.6. The third-order valence-electron chi connectivity index (χ3n) is 3.47. The molecule has 7 heteroatoms. The van der Waals surface area contributed by atoms with Gasteiger partial charge in [0.15, 0.2) is 0 Å². The normalized spacial score (nSPS) is 15.9. The number of hydrogen-bond acceptors (Lipinski definition) is 5. The van der Waals surface area contributed by atoms with Gasteiger partial charge in [-0.15, -0.1) is 0 Å². The van der Waals surface area contributed by atoms with Gasteiger partial charge in [0, 0.05) is 39.4 Å². The number of methoxy groups -OCH3 is 1. The number of rotatable bonds is 4. The molecule has 7 nitrogen and oxygen atoms in total. The zero-order valence-corrected chi connectivity index (χ0v) is 12.5. The molecular formula is C14H21N3O4. The van der Waals surface area contributed by atoms with Gasteiger partial charge in [-0.1, -0.05) is 5.16 Å². The Balaban J connectivity index is 1.87.